The van der Waals surface area contributed by atoms with Gasteiger partial charge in [-0.3, -0.25) is 4.79 Å². The van der Waals surface area contributed by atoms with Gasteiger partial charge >= 0.3 is 0 Å². The van der Waals surface area contributed by atoms with Crippen LogP contribution in [0.1, 0.15) is 23.2 Å². The summed E-state index contributed by atoms with van der Waals surface area (Å²) in [5.41, 5.74) is 1.64. The summed E-state index contributed by atoms with van der Waals surface area (Å²) in [6.07, 6.45) is 4.18. The Kier molecular flexibility index (Phi) is 4.67. The smallest absolute Gasteiger partial charge is 0.253 e. The van der Waals surface area contributed by atoms with Crippen LogP contribution in [-0.4, -0.2) is 23.9 Å². The van der Waals surface area contributed by atoms with Crippen molar-refractivity contribution in [2.24, 2.45) is 0 Å². The lowest BCUT2D eigenvalue weighted by molar-refractivity contribution is 0.0742. The zero-order valence-electron chi connectivity index (χ0n) is 11.3. The Hall–Kier alpha value is -0.840. The van der Waals surface area contributed by atoms with Gasteiger partial charge in [-0.1, -0.05) is 17.7 Å². The Balaban J connectivity index is 1.85. The van der Waals surface area contributed by atoms with Crippen molar-refractivity contribution in [1.29, 1.82) is 0 Å². The van der Waals surface area contributed by atoms with Crippen LogP contribution in [0.5, 0.6) is 0 Å². The number of hydrogen-bond acceptors (Lipinski definition) is 2. The first kappa shape index (κ1) is 15.1. The molecule has 1 saturated heterocycles. The monoisotopic (exact) mass is 382 g/mol. The maximum Gasteiger partial charge on any atom is 0.253 e. The molecule has 1 fully saturated rings. The minimum atomic E-state index is 0.0731. The van der Waals surface area contributed by atoms with Crippen LogP contribution >= 0.6 is 38.9 Å². The molecule has 109 valence electrons. The molecule has 21 heavy (non-hydrogen) atoms. The summed E-state index contributed by atoms with van der Waals surface area (Å²) < 4.78 is 1.04. The van der Waals surface area contributed by atoms with Gasteiger partial charge in [0.1, 0.15) is 0 Å². The van der Waals surface area contributed by atoms with Crippen LogP contribution < -0.4 is 0 Å². The third kappa shape index (κ3) is 3.33. The number of piperidine rings is 1. The second-order valence-corrected chi connectivity index (χ2v) is 7.22. The molecule has 3 rings (SSSR count). The molecular formula is C16H14BrClNOS. The van der Waals surface area contributed by atoms with Gasteiger partial charge in [-0.05, 0) is 53.4 Å². The normalized spacial score (nSPS) is 15.2. The molecule has 1 radical (unpaired) electrons. The molecule has 0 atom stereocenters. The summed E-state index contributed by atoms with van der Waals surface area (Å²) in [6.45, 7) is 1.60. The maximum absolute atomic E-state index is 12.5. The van der Waals surface area contributed by atoms with Crippen LogP contribution in [-0.2, 0) is 0 Å². The van der Waals surface area contributed by atoms with E-state index in [-0.39, 0.29) is 5.91 Å². The minimum absolute atomic E-state index is 0.0731. The molecule has 2 aromatic rings. The standard InChI is InChI=1S/C16H14BrClNOS/c17-12-9-15(21-10-12)13-5-4-11(8-14(13)18)16(20)19-6-2-1-3-7-19/h1,4-5,8-10H,2-3,6-7H2. The van der Waals surface area contributed by atoms with Gasteiger partial charge in [-0.15, -0.1) is 11.3 Å². The quantitative estimate of drug-likeness (QED) is 0.691. The van der Waals surface area contributed by atoms with Crippen LogP contribution in [0.4, 0.5) is 0 Å². The first-order valence-corrected chi connectivity index (χ1v) is 8.85. The summed E-state index contributed by atoms with van der Waals surface area (Å²) in [7, 11) is 0. The lowest BCUT2D eigenvalue weighted by Gasteiger charge is -2.26. The Morgan fingerprint density at radius 1 is 1.24 bits per heavy atom. The lowest BCUT2D eigenvalue weighted by atomic mass is 10.1. The van der Waals surface area contributed by atoms with Crippen molar-refractivity contribution in [2.45, 2.75) is 12.8 Å². The van der Waals surface area contributed by atoms with Gasteiger partial charge in [0.15, 0.2) is 0 Å². The number of carbonyl (C=O) groups is 1. The fourth-order valence-corrected chi connectivity index (χ4v) is 4.25. The van der Waals surface area contributed by atoms with Gasteiger partial charge in [0.25, 0.3) is 5.91 Å². The molecule has 1 aromatic carbocycles. The fourth-order valence-electron chi connectivity index (χ4n) is 2.44. The van der Waals surface area contributed by atoms with Gasteiger partial charge in [0, 0.05) is 38.9 Å². The lowest BCUT2D eigenvalue weighted by Crippen LogP contribution is -2.35. The van der Waals surface area contributed by atoms with E-state index in [0.29, 0.717) is 10.6 Å². The van der Waals surface area contributed by atoms with E-state index in [2.05, 4.69) is 22.4 Å². The van der Waals surface area contributed by atoms with E-state index >= 15 is 0 Å². The molecule has 1 amide bonds. The average Bonchev–Trinajstić information content (AvgIpc) is 2.93. The van der Waals surface area contributed by atoms with Gasteiger partial charge in [-0.2, -0.15) is 0 Å². The van der Waals surface area contributed by atoms with E-state index in [1.54, 1.807) is 17.4 Å². The minimum Gasteiger partial charge on any atom is -0.339 e. The van der Waals surface area contributed by atoms with Gasteiger partial charge in [-0.25, -0.2) is 0 Å². The van der Waals surface area contributed by atoms with Crippen molar-refractivity contribution in [3.63, 3.8) is 0 Å². The van der Waals surface area contributed by atoms with Crippen molar-refractivity contribution in [1.82, 2.24) is 4.90 Å². The summed E-state index contributed by atoms with van der Waals surface area (Å²) in [5, 5.41) is 2.65. The van der Waals surface area contributed by atoms with E-state index in [1.807, 2.05) is 28.5 Å². The Morgan fingerprint density at radius 3 is 2.62 bits per heavy atom. The van der Waals surface area contributed by atoms with Crippen LogP contribution in [0.15, 0.2) is 34.1 Å². The van der Waals surface area contributed by atoms with E-state index < -0.39 is 0 Å². The second kappa shape index (κ2) is 6.51. The number of amides is 1. The number of likely N-dealkylation sites (tertiary alicyclic amines) is 1. The molecule has 0 bridgehead atoms. The summed E-state index contributed by atoms with van der Waals surface area (Å²) in [4.78, 5) is 15.4. The molecule has 0 aliphatic carbocycles. The largest absolute Gasteiger partial charge is 0.339 e. The highest BCUT2D eigenvalue weighted by molar-refractivity contribution is 9.10. The van der Waals surface area contributed by atoms with E-state index in [0.717, 1.165) is 40.8 Å². The molecule has 1 aliphatic heterocycles. The molecule has 0 saturated carbocycles. The number of nitrogens with zero attached hydrogens (tertiary/aromatic N) is 1. The van der Waals surface area contributed by atoms with E-state index in [1.165, 1.54) is 0 Å². The molecule has 0 unspecified atom stereocenters. The highest BCUT2D eigenvalue weighted by Gasteiger charge is 2.19. The molecule has 0 N–H and O–H groups in total. The van der Waals surface area contributed by atoms with Gasteiger partial charge in [0.2, 0.25) is 0 Å². The van der Waals surface area contributed by atoms with Gasteiger partial charge in [0.05, 0.1) is 5.02 Å². The number of hydrogen-bond donors (Lipinski definition) is 0. The summed E-state index contributed by atoms with van der Waals surface area (Å²) in [5.74, 6) is 0.0731. The SMILES string of the molecule is O=C(c1ccc(-c2cc(Br)cs2)c(Cl)c1)N1CC[CH]CC1. The molecule has 0 spiro atoms. The number of thiophene rings is 1. The predicted octanol–water partition coefficient (Wildman–Crippen LogP) is 5.27. The average molecular weight is 384 g/mol. The van der Waals surface area contributed by atoms with Crippen LogP contribution in [0.3, 0.4) is 0 Å². The Labute approximate surface area is 141 Å². The number of benzene rings is 1. The van der Waals surface area contributed by atoms with Crippen molar-refractivity contribution >= 4 is 44.8 Å². The molecule has 5 heteroatoms. The summed E-state index contributed by atoms with van der Waals surface area (Å²) in [6, 6.07) is 7.62. The molecule has 1 aromatic heterocycles. The Bertz CT molecular complexity index is 664. The van der Waals surface area contributed by atoms with Crippen molar-refractivity contribution in [3.05, 3.63) is 51.1 Å². The Morgan fingerprint density at radius 2 is 2.00 bits per heavy atom. The predicted molar refractivity (Wildman–Crippen MR) is 91.9 cm³/mol. The third-order valence-electron chi connectivity index (χ3n) is 3.54. The highest BCUT2D eigenvalue weighted by Crippen LogP contribution is 2.35. The van der Waals surface area contributed by atoms with Crippen LogP contribution in [0.25, 0.3) is 10.4 Å². The number of rotatable bonds is 2. The molecule has 1 aliphatic rings. The van der Waals surface area contributed by atoms with Crippen molar-refractivity contribution in [3.8, 4) is 10.4 Å². The van der Waals surface area contributed by atoms with E-state index in [9.17, 15) is 4.79 Å². The zero-order chi connectivity index (χ0) is 14.8. The number of halogens is 2. The third-order valence-corrected chi connectivity index (χ3v) is 5.58. The van der Waals surface area contributed by atoms with Crippen LogP contribution in [0.2, 0.25) is 5.02 Å². The first-order valence-electron chi connectivity index (χ1n) is 6.80. The molecule has 2 nitrogen and oxygen atoms in total. The van der Waals surface area contributed by atoms with Gasteiger partial charge < -0.3 is 4.90 Å². The topological polar surface area (TPSA) is 20.3 Å². The fraction of sp³-hybridized carbons (Fsp3) is 0.250. The maximum atomic E-state index is 12.5. The first-order chi connectivity index (χ1) is 10.1. The van der Waals surface area contributed by atoms with Crippen molar-refractivity contribution in [2.75, 3.05) is 13.1 Å². The van der Waals surface area contributed by atoms with Crippen molar-refractivity contribution < 1.29 is 4.79 Å². The molecular weight excluding hydrogens is 370 g/mol. The number of carbonyl (C=O) groups excluding carboxylic acids is 1. The zero-order valence-corrected chi connectivity index (χ0v) is 14.5. The second-order valence-electron chi connectivity index (χ2n) is 4.98. The molecule has 2 heterocycles. The highest BCUT2D eigenvalue weighted by atomic mass is 79.9. The summed E-state index contributed by atoms with van der Waals surface area (Å²) >= 11 is 11.4. The van der Waals surface area contributed by atoms with Crippen LogP contribution in [0, 0.1) is 6.42 Å². The van der Waals surface area contributed by atoms with E-state index in [4.69, 9.17) is 11.6 Å².